The van der Waals surface area contributed by atoms with Crippen LogP contribution < -0.4 is 5.32 Å². The van der Waals surface area contributed by atoms with Crippen LogP contribution in [0.3, 0.4) is 0 Å². The number of aromatic nitrogens is 1. The van der Waals surface area contributed by atoms with Crippen LogP contribution in [0.1, 0.15) is 6.42 Å². The van der Waals surface area contributed by atoms with Gasteiger partial charge in [-0.3, -0.25) is 9.59 Å². The van der Waals surface area contributed by atoms with Gasteiger partial charge in [0.05, 0.1) is 6.54 Å². The highest BCUT2D eigenvalue weighted by Gasteiger charge is 2.13. The number of nitrogens with zero attached hydrogens (tertiary/aromatic N) is 2. The van der Waals surface area contributed by atoms with Gasteiger partial charge in [0, 0.05) is 37.4 Å². The number of benzene rings is 2. The number of para-hydroxylation sites is 1. The van der Waals surface area contributed by atoms with Crippen molar-refractivity contribution in [3.05, 3.63) is 66.6 Å². The number of halogens is 1. The van der Waals surface area contributed by atoms with Gasteiger partial charge < -0.3 is 14.8 Å². The fourth-order valence-corrected chi connectivity index (χ4v) is 2.81. The van der Waals surface area contributed by atoms with Crippen LogP contribution in [0.2, 0.25) is 0 Å². The van der Waals surface area contributed by atoms with Crippen LogP contribution in [0.15, 0.2) is 60.8 Å². The summed E-state index contributed by atoms with van der Waals surface area (Å²) in [5.41, 5.74) is 1.45. The molecular weight excluding hydrogens is 333 g/mol. The minimum atomic E-state index is -0.425. The molecule has 0 atom stereocenters. The van der Waals surface area contributed by atoms with Gasteiger partial charge in [0.15, 0.2) is 0 Å². The number of carbonyl (C=O) groups is 2. The number of rotatable bonds is 6. The van der Waals surface area contributed by atoms with Gasteiger partial charge in [0.2, 0.25) is 11.8 Å². The molecule has 0 fully saturated rings. The van der Waals surface area contributed by atoms with E-state index in [4.69, 9.17) is 0 Å². The fourth-order valence-electron chi connectivity index (χ4n) is 2.81. The third-order valence-electron chi connectivity index (χ3n) is 4.16. The number of anilines is 1. The van der Waals surface area contributed by atoms with Crippen LogP contribution in [0, 0.1) is 5.82 Å². The maximum atomic E-state index is 13.1. The molecule has 0 aliphatic carbocycles. The Morgan fingerprint density at radius 1 is 1.12 bits per heavy atom. The zero-order valence-electron chi connectivity index (χ0n) is 14.5. The van der Waals surface area contributed by atoms with Crippen LogP contribution in [0.4, 0.5) is 10.1 Å². The largest absolute Gasteiger partial charge is 0.347 e. The standard InChI is InChI=1S/C20H20FN3O2/c1-23(14-19(25)22-17-7-4-6-16(21)13-17)20(26)10-12-24-11-9-15-5-2-3-8-18(15)24/h2-9,11,13H,10,12,14H2,1H3,(H,22,25). The fraction of sp³-hybridized carbons (Fsp3) is 0.200. The lowest BCUT2D eigenvalue weighted by molar-refractivity contribution is -0.133. The predicted molar refractivity (Wildman–Crippen MR) is 99.2 cm³/mol. The van der Waals surface area contributed by atoms with E-state index in [1.54, 1.807) is 13.1 Å². The van der Waals surface area contributed by atoms with Crippen LogP contribution in [0.25, 0.3) is 10.9 Å². The van der Waals surface area contributed by atoms with Crippen molar-refractivity contribution in [3.63, 3.8) is 0 Å². The first-order valence-corrected chi connectivity index (χ1v) is 8.36. The number of amides is 2. The molecule has 2 aromatic carbocycles. The van der Waals surface area contributed by atoms with Gasteiger partial charge in [0.25, 0.3) is 0 Å². The molecule has 3 rings (SSSR count). The summed E-state index contributed by atoms with van der Waals surface area (Å²) in [5, 5.41) is 3.71. The van der Waals surface area contributed by atoms with Crippen molar-refractivity contribution in [2.75, 3.05) is 18.9 Å². The Kier molecular flexibility index (Phi) is 5.31. The quantitative estimate of drug-likeness (QED) is 0.739. The lowest BCUT2D eigenvalue weighted by Crippen LogP contribution is -2.35. The molecule has 5 nitrogen and oxygen atoms in total. The van der Waals surface area contributed by atoms with E-state index in [1.807, 2.05) is 41.1 Å². The number of fused-ring (bicyclic) bond motifs is 1. The summed E-state index contributed by atoms with van der Waals surface area (Å²) in [7, 11) is 1.58. The van der Waals surface area contributed by atoms with Crippen LogP contribution in [0.5, 0.6) is 0 Å². The molecule has 0 saturated heterocycles. The monoisotopic (exact) mass is 353 g/mol. The molecule has 0 unspecified atom stereocenters. The Morgan fingerprint density at radius 2 is 1.92 bits per heavy atom. The first kappa shape index (κ1) is 17.7. The zero-order valence-corrected chi connectivity index (χ0v) is 14.5. The van der Waals surface area contributed by atoms with Crippen LogP contribution in [-0.4, -0.2) is 34.9 Å². The van der Waals surface area contributed by atoms with Gasteiger partial charge >= 0.3 is 0 Å². The Hall–Kier alpha value is -3.15. The Morgan fingerprint density at radius 3 is 2.73 bits per heavy atom. The van der Waals surface area contributed by atoms with Crippen molar-refractivity contribution in [1.82, 2.24) is 9.47 Å². The molecule has 0 saturated carbocycles. The van der Waals surface area contributed by atoms with Crippen molar-refractivity contribution in [3.8, 4) is 0 Å². The van der Waals surface area contributed by atoms with E-state index < -0.39 is 5.82 Å². The van der Waals surface area contributed by atoms with Crippen LogP contribution >= 0.6 is 0 Å². The van der Waals surface area contributed by atoms with E-state index in [-0.39, 0.29) is 18.4 Å². The average Bonchev–Trinajstić information content (AvgIpc) is 3.02. The number of carbonyl (C=O) groups excluding carboxylic acids is 2. The summed E-state index contributed by atoms with van der Waals surface area (Å²) in [4.78, 5) is 25.7. The van der Waals surface area contributed by atoms with E-state index in [9.17, 15) is 14.0 Å². The van der Waals surface area contributed by atoms with Gasteiger partial charge in [-0.2, -0.15) is 0 Å². The SMILES string of the molecule is CN(CC(=O)Nc1cccc(F)c1)C(=O)CCn1ccc2ccccc21. The second-order valence-corrected chi connectivity index (χ2v) is 6.13. The summed E-state index contributed by atoms with van der Waals surface area (Å²) in [6.07, 6.45) is 2.25. The molecule has 1 heterocycles. The molecule has 0 aliphatic heterocycles. The minimum absolute atomic E-state index is 0.0816. The molecule has 0 spiro atoms. The minimum Gasteiger partial charge on any atom is -0.347 e. The smallest absolute Gasteiger partial charge is 0.243 e. The summed E-state index contributed by atoms with van der Waals surface area (Å²) < 4.78 is 15.2. The molecule has 1 aromatic heterocycles. The Bertz CT molecular complexity index is 935. The summed E-state index contributed by atoms with van der Waals surface area (Å²) in [6.45, 7) is 0.462. The van der Waals surface area contributed by atoms with E-state index in [0.717, 1.165) is 10.9 Å². The molecule has 6 heteroatoms. The molecule has 0 bridgehead atoms. The molecule has 0 aliphatic rings. The third-order valence-corrected chi connectivity index (χ3v) is 4.16. The second-order valence-electron chi connectivity index (χ2n) is 6.13. The van der Waals surface area contributed by atoms with Crippen molar-refractivity contribution >= 4 is 28.4 Å². The van der Waals surface area contributed by atoms with Crippen molar-refractivity contribution in [1.29, 1.82) is 0 Å². The van der Waals surface area contributed by atoms with Crippen molar-refractivity contribution in [2.45, 2.75) is 13.0 Å². The summed E-state index contributed by atoms with van der Waals surface area (Å²) in [5.74, 6) is -0.916. The van der Waals surface area contributed by atoms with E-state index in [1.165, 1.54) is 23.1 Å². The highest BCUT2D eigenvalue weighted by atomic mass is 19.1. The van der Waals surface area contributed by atoms with E-state index >= 15 is 0 Å². The predicted octanol–water partition coefficient (Wildman–Crippen LogP) is 3.27. The van der Waals surface area contributed by atoms with Gasteiger partial charge in [-0.15, -0.1) is 0 Å². The average molecular weight is 353 g/mol. The van der Waals surface area contributed by atoms with Gasteiger partial charge in [-0.05, 0) is 35.7 Å². The topological polar surface area (TPSA) is 54.3 Å². The van der Waals surface area contributed by atoms with Crippen molar-refractivity contribution in [2.24, 2.45) is 0 Å². The van der Waals surface area contributed by atoms with Gasteiger partial charge in [-0.25, -0.2) is 4.39 Å². The number of nitrogens with one attached hydrogen (secondary N) is 1. The highest BCUT2D eigenvalue weighted by molar-refractivity contribution is 5.94. The second kappa shape index (κ2) is 7.82. The first-order chi connectivity index (χ1) is 12.5. The maximum Gasteiger partial charge on any atom is 0.243 e. The molecule has 2 amide bonds. The zero-order chi connectivity index (χ0) is 18.5. The number of aryl methyl sites for hydroxylation is 1. The molecule has 26 heavy (non-hydrogen) atoms. The van der Waals surface area contributed by atoms with Gasteiger partial charge in [0.1, 0.15) is 5.82 Å². The van der Waals surface area contributed by atoms with Crippen LogP contribution in [-0.2, 0) is 16.1 Å². The summed E-state index contributed by atoms with van der Waals surface area (Å²) >= 11 is 0. The Labute approximate surface area is 151 Å². The molecule has 3 aromatic rings. The molecule has 134 valence electrons. The molecular formula is C20H20FN3O2. The first-order valence-electron chi connectivity index (χ1n) is 8.36. The van der Waals surface area contributed by atoms with Crippen molar-refractivity contribution < 1.29 is 14.0 Å². The maximum absolute atomic E-state index is 13.1. The van der Waals surface area contributed by atoms with E-state index in [2.05, 4.69) is 5.32 Å². The summed E-state index contributed by atoms with van der Waals surface area (Å²) in [6, 6.07) is 15.6. The Balaban J connectivity index is 1.52. The lowest BCUT2D eigenvalue weighted by Gasteiger charge is -2.17. The third kappa shape index (κ3) is 4.27. The highest BCUT2D eigenvalue weighted by Crippen LogP contribution is 2.15. The number of likely N-dealkylation sites (N-methyl/N-ethyl adjacent to an activating group) is 1. The molecule has 1 N–H and O–H groups in total. The molecule has 0 radical (unpaired) electrons. The van der Waals surface area contributed by atoms with E-state index in [0.29, 0.717) is 18.7 Å². The van der Waals surface area contributed by atoms with Gasteiger partial charge in [-0.1, -0.05) is 24.3 Å². The number of hydrogen-bond acceptors (Lipinski definition) is 2. The number of hydrogen-bond donors (Lipinski definition) is 1. The lowest BCUT2D eigenvalue weighted by atomic mass is 10.2. The normalized spacial score (nSPS) is 10.7.